The van der Waals surface area contributed by atoms with Gasteiger partial charge >= 0.3 is 0 Å². The molecule has 0 unspecified atom stereocenters. The topological polar surface area (TPSA) is 81.9 Å². The molecule has 0 saturated carbocycles. The highest BCUT2D eigenvalue weighted by Crippen LogP contribution is 2.25. The number of carbonyl (C=O) groups is 1. The van der Waals surface area contributed by atoms with Gasteiger partial charge in [0.2, 0.25) is 5.91 Å². The Labute approximate surface area is 197 Å². The Kier molecular flexibility index (Phi) is 7.36. The van der Waals surface area contributed by atoms with Gasteiger partial charge in [-0.25, -0.2) is 0 Å². The predicted octanol–water partition coefficient (Wildman–Crippen LogP) is 4.98. The Hall–Kier alpha value is -3.65. The molecule has 1 amide bonds. The molecule has 2 aromatic carbocycles. The molecule has 0 fully saturated rings. The van der Waals surface area contributed by atoms with E-state index >= 15 is 0 Å². The zero-order valence-corrected chi connectivity index (χ0v) is 19.4. The molecule has 0 bridgehead atoms. The molecule has 4 aromatic rings. The number of aromatic nitrogens is 4. The average Bonchev–Trinajstić information content (AvgIpc) is 3.25. The molecule has 168 valence electrons. The van der Waals surface area contributed by atoms with Crippen LogP contribution in [0.3, 0.4) is 0 Å². The fraction of sp³-hybridized carbons (Fsp3) is 0.200. The van der Waals surface area contributed by atoms with Crippen LogP contribution in [0.5, 0.6) is 5.75 Å². The van der Waals surface area contributed by atoms with Gasteiger partial charge in [-0.05, 0) is 44.2 Å². The van der Waals surface area contributed by atoms with Crippen LogP contribution < -0.4 is 10.1 Å². The maximum absolute atomic E-state index is 12.6. The molecule has 0 aliphatic rings. The second kappa shape index (κ2) is 10.8. The zero-order chi connectivity index (χ0) is 23.0. The molecule has 8 heteroatoms. The Morgan fingerprint density at radius 3 is 2.73 bits per heavy atom. The van der Waals surface area contributed by atoms with Gasteiger partial charge in [0.1, 0.15) is 12.4 Å². The summed E-state index contributed by atoms with van der Waals surface area (Å²) in [4.78, 5) is 16.8. The van der Waals surface area contributed by atoms with Gasteiger partial charge in [0.25, 0.3) is 0 Å². The van der Waals surface area contributed by atoms with Gasteiger partial charge in [-0.15, -0.1) is 10.2 Å². The molecule has 2 heterocycles. The lowest BCUT2D eigenvalue weighted by molar-refractivity contribution is -0.113. The molecule has 1 N–H and O–H groups in total. The third-order valence-corrected chi connectivity index (χ3v) is 5.84. The maximum atomic E-state index is 12.6. The molecule has 0 saturated heterocycles. The lowest BCUT2D eigenvalue weighted by atomic mass is 10.1. The van der Waals surface area contributed by atoms with Gasteiger partial charge in [0.15, 0.2) is 11.0 Å². The SMILES string of the molecule is CCn1c(SCC(=O)Nc2cccc(OCc3ccccn3)c2)nnc1-c1cccc(C)c1. The summed E-state index contributed by atoms with van der Waals surface area (Å²) in [5, 5.41) is 12.3. The first-order valence-corrected chi connectivity index (χ1v) is 11.7. The van der Waals surface area contributed by atoms with Crippen LogP contribution in [0.2, 0.25) is 0 Å². The Bertz CT molecular complexity index is 1230. The minimum Gasteiger partial charge on any atom is -0.487 e. The molecule has 2 aromatic heterocycles. The quantitative estimate of drug-likeness (QED) is 0.356. The molecule has 0 aliphatic carbocycles. The fourth-order valence-electron chi connectivity index (χ4n) is 3.31. The van der Waals surface area contributed by atoms with E-state index in [1.807, 2.05) is 60.0 Å². The van der Waals surface area contributed by atoms with Crippen LogP contribution in [-0.2, 0) is 17.9 Å². The van der Waals surface area contributed by atoms with Crippen molar-refractivity contribution in [3.8, 4) is 17.1 Å². The lowest BCUT2D eigenvalue weighted by Crippen LogP contribution is -2.14. The second-order valence-electron chi connectivity index (χ2n) is 7.39. The molecule has 7 nitrogen and oxygen atoms in total. The van der Waals surface area contributed by atoms with Gasteiger partial charge in [0, 0.05) is 30.1 Å². The summed E-state index contributed by atoms with van der Waals surface area (Å²) in [6.45, 7) is 5.18. The monoisotopic (exact) mass is 459 g/mol. The third-order valence-electron chi connectivity index (χ3n) is 4.87. The van der Waals surface area contributed by atoms with Crippen LogP contribution in [0, 0.1) is 6.92 Å². The number of amides is 1. The highest BCUT2D eigenvalue weighted by molar-refractivity contribution is 7.99. The minimum atomic E-state index is -0.121. The molecule has 33 heavy (non-hydrogen) atoms. The molecule has 4 rings (SSSR count). The van der Waals surface area contributed by atoms with Crippen molar-refractivity contribution in [2.24, 2.45) is 0 Å². The molecular formula is C25H25N5O2S. The second-order valence-corrected chi connectivity index (χ2v) is 8.34. The first kappa shape index (κ1) is 22.5. The number of ether oxygens (including phenoxy) is 1. The number of aryl methyl sites for hydroxylation is 1. The van der Waals surface area contributed by atoms with Crippen molar-refractivity contribution in [2.75, 3.05) is 11.1 Å². The summed E-state index contributed by atoms with van der Waals surface area (Å²) in [5.74, 6) is 1.58. The van der Waals surface area contributed by atoms with Gasteiger partial charge < -0.3 is 14.6 Å². The van der Waals surface area contributed by atoms with Crippen molar-refractivity contribution in [3.63, 3.8) is 0 Å². The molecular weight excluding hydrogens is 434 g/mol. The van der Waals surface area contributed by atoms with Crippen molar-refractivity contribution in [1.29, 1.82) is 0 Å². The van der Waals surface area contributed by atoms with Crippen LogP contribution in [0.25, 0.3) is 11.4 Å². The number of pyridine rings is 1. The van der Waals surface area contributed by atoms with Crippen LogP contribution in [-0.4, -0.2) is 31.4 Å². The summed E-state index contributed by atoms with van der Waals surface area (Å²) in [5.41, 5.74) is 3.70. The highest BCUT2D eigenvalue weighted by atomic mass is 32.2. The van der Waals surface area contributed by atoms with E-state index in [1.54, 1.807) is 12.3 Å². The Balaban J connectivity index is 1.35. The number of thioether (sulfide) groups is 1. The van der Waals surface area contributed by atoms with Gasteiger partial charge in [-0.3, -0.25) is 9.78 Å². The van der Waals surface area contributed by atoms with E-state index in [-0.39, 0.29) is 11.7 Å². The smallest absolute Gasteiger partial charge is 0.234 e. The third kappa shape index (κ3) is 5.98. The van der Waals surface area contributed by atoms with Crippen LogP contribution in [0.4, 0.5) is 5.69 Å². The van der Waals surface area contributed by atoms with Crippen molar-refractivity contribution in [2.45, 2.75) is 32.2 Å². The standard InChI is InChI=1S/C25H25N5O2S/c1-3-30-24(19-9-6-8-18(2)14-19)28-29-25(30)33-17-23(31)27-20-11-7-12-22(15-20)32-16-21-10-4-5-13-26-21/h4-15H,3,16-17H2,1-2H3,(H,27,31). The number of hydrogen-bond acceptors (Lipinski definition) is 6. The van der Waals surface area contributed by atoms with E-state index in [2.05, 4.69) is 39.6 Å². The van der Waals surface area contributed by atoms with Crippen LogP contribution in [0.15, 0.2) is 78.1 Å². The molecule has 0 aliphatic heterocycles. The highest BCUT2D eigenvalue weighted by Gasteiger charge is 2.15. The summed E-state index contributed by atoms with van der Waals surface area (Å²) < 4.78 is 7.81. The molecule has 0 atom stereocenters. The minimum absolute atomic E-state index is 0.121. The number of hydrogen-bond donors (Lipinski definition) is 1. The average molecular weight is 460 g/mol. The van der Waals surface area contributed by atoms with Gasteiger partial charge in [-0.2, -0.15) is 0 Å². The zero-order valence-electron chi connectivity index (χ0n) is 18.6. The van der Waals surface area contributed by atoms with Crippen molar-refractivity contribution < 1.29 is 9.53 Å². The van der Waals surface area contributed by atoms with E-state index in [9.17, 15) is 4.79 Å². The van der Waals surface area contributed by atoms with Crippen molar-refractivity contribution in [1.82, 2.24) is 19.7 Å². The summed E-state index contributed by atoms with van der Waals surface area (Å²) in [6.07, 6.45) is 1.73. The molecule has 0 radical (unpaired) electrons. The first-order valence-electron chi connectivity index (χ1n) is 10.7. The van der Waals surface area contributed by atoms with Crippen LogP contribution in [0.1, 0.15) is 18.2 Å². The van der Waals surface area contributed by atoms with Gasteiger partial charge in [0.05, 0.1) is 11.4 Å². The number of carbonyl (C=O) groups excluding carboxylic acids is 1. The van der Waals surface area contributed by atoms with Gasteiger partial charge in [-0.1, -0.05) is 47.7 Å². The summed E-state index contributed by atoms with van der Waals surface area (Å²) in [7, 11) is 0. The fourth-order valence-corrected chi connectivity index (χ4v) is 4.11. The van der Waals surface area contributed by atoms with E-state index in [1.165, 1.54) is 11.8 Å². The number of benzene rings is 2. The number of anilines is 1. The van der Waals surface area contributed by atoms with Crippen molar-refractivity contribution in [3.05, 3.63) is 84.2 Å². The van der Waals surface area contributed by atoms with Crippen molar-refractivity contribution >= 4 is 23.4 Å². The molecule has 0 spiro atoms. The summed E-state index contributed by atoms with van der Waals surface area (Å²) in [6, 6.07) is 21.2. The first-order chi connectivity index (χ1) is 16.1. The lowest BCUT2D eigenvalue weighted by Gasteiger charge is -2.10. The maximum Gasteiger partial charge on any atom is 0.234 e. The van der Waals surface area contributed by atoms with E-state index in [0.717, 1.165) is 34.3 Å². The Morgan fingerprint density at radius 2 is 1.94 bits per heavy atom. The normalized spacial score (nSPS) is 10.7. The van der Waals surface area contributed by atoms with E-state index in [4.69, 9.17) is 4.74 Å². The Morgan fingerprint density at radius 1 is 1.06 bits per heavy atom. The summed E-state index contributed by atoms with van der Waals surface area (Å²) >= 11 is 1.37. The van der Waals surface area contributed by atoms with Crippen LogP contribution >= 0.6 is 11.8 Å². The number of rotatable bonds is 9. The number of nitrogens with one attached hydrogen (secondary N) is 1. The van der Waals surface area contributed by atoms with E-state index in [0.29, 0.717) is 18.0 Å². The number of nitrogens with zero attached hydrogens (tertiary/aromatic N) is 4. The largest absolute Gasteiger partial charge is 0.487 e. The predicted molar refractivity (Wildman–Crippen MR) is 130 cm³/mol. The van der Waals surface area contributed by atoms with E-state index < -0.39 is 0 Å².